The molecule has 40 heavy (non-hydrogen) atoms. The summed E-state index contributed by atoms with van der Waals surface area (Å²) in [7, 11) is 0. The number of carbonyl (C=O) groups is 2. The Kier molecular flexibility index (Phi) is 10.6. The molecule has 3 N–H and O–H groups in total. The number of hydrogen-bond acceptors (Lipinski definition) is 4. The van der Waals surface area contributed by atoms with Gasteiger partial charge < -0.3 is 20.5 Å². The van der Waals surface area contributed by atoms with Crippen LogP contribution in [0.5, 0.6) is 5.75 Å². The number of ether oxygens (including phenoxy) is 1. The molecule has 0 aliphatic carbocycles. The lowest BCUT2D eigenvalue weighted by atomic mass is 9.88. The van der Waals surface area contributed by atoms with E-state index in [1.165, 1.54) is 11.1 Å². The van der Waals surface area contributed by atoms with Gasteiger partial charge in [-0.2, -0.15) is 0 Å². The van der Waals surface area contributed by atoms with Gasteiger partial charge in [-0.1, -0.05) is 79.7 Å². The van der Waals surface area contributed by atoms with E-state index in [1.807, 2.05) is 36.4 Å². The molecule has 0 radical (unpaired) electrons. The van der Waals surface area contributed by atoms with Gasteiger partial charge in [0.05, 0.1) is 13.0 Å². The maximum atomic E-state index is 11.8. The van der Waals surface area contributed by atoms with E-state index in [1.54, 1.807) is 4.90 Å². The third-order valence-corrected chi connectivity index (χ3v) is 7.88. The molecule has 1 fully saturated rings. The van der Waals surface area contributed by atoms with Crippen molar-refractivity contribution in [3.63, 3.8) is 0 Å². The minimum atomic E-state index is -0.824. The van der Waals surface area contributed by atoms with E-state index < -0.39 is 6.09 Å². The third-order valence-electron chi connectivity index (χ3n) is 7.88. The van der Waals surface area contributed by atoms with Crippen molar-refractivity contribution in [1.29, 1.82) is 0 Å². The van der Waals surface area contributed by atoms with E-state index in [9.17, 15) is 14.7 Å². The molecule has 0 bridgehead atoms. The quantitative estimate of drug-likeness (QED) is 0.276. The number of nitrogens with two attached hydrogens (primary N) is 1. The van der Waals surface area contributed by atoms with Crippen LogP contribution in [0.1, 0.15) is 55.2 Å². The summed E-state index contributed by atoms with van der Waals surface area (Å²) in [5.41, 5.74) is 8.74. The van der Waals surface area contributed by atoms with Crippen LogP contribution in [0.15, 0.2) is 84.9 Å². The van der Waals surface area contributed by atoms with Crippen LogP contribution in [-0.4, -0.2) is 65.2 Å². The first-order valence-electron chi connectivity index (χ1n) is 14.3. The number of benzene rings is 3. The highest BCUT2D eigenvalue weighted by atomic mass is 16.5. The molecule has 0 spiro atoms. The minimum absolute atomic E-state index is 0.0231. The number of piperidine rings is 1. The fourth-order valence-corrected chi connectivity index (χ4v) is 5.84. The molecule has 4 rings (SSSR count). The molecule has 3 aromatic rings. The normalized spacial score (nSPS) is 17.2. The molecule has 212 valence electrons. The lowest BCUT2D eigenvalue weighted by Crippen LogP contribution is -2.52. The van der Waals surface area contributed by atoms with Crippen molar-refractivity contribution < 1.29 is 19.4 Å². The average molecular weight is 544 g/mol. The Morgan fingerprint density at radius 1 is 1.02 bits per heavy atom. The van der Waals surface area contributed by atoms with E-state index in [4.69, 9.17) is 10.5 Å². The molecule has 1 heterocycles. The highest BCUT2D eigenvalue weighted by Gasteiger charge is 2.34. The largest absolute Gasteiger partial charge is 0.494 e. The third kappa shape index (κ3) is 8.09. The van der Waals surface area contributed by atoms with E-state index in [0.29, 0.717) is 13.2 Å². The first kappa shape index (κ1) is 29.2. The fraction of sp³-hybridized carbons (Fsp3) is 0.394. The summed E-state index contributed by atoms with van der Waals surface area (Å²) >= 11 is 0. The maximum absolute atomic E-state index is 11.8. The van der Waals surface area contributed by atoms with Crippen molar-refractivity contribution in [2.75, 3.05) is 26.2 Å². The monoisotopic (exact) mass is 543 g/mol. The number of likely N-dealkylation sites (tertiary alicyclic amines) is 1. The molecule has 1 saturated heterocycles. The Labute approximate surface area is 237 Å². The molecule has 2 amide bonds. The summed E-state index contributed by atoms with van der Waals surface area (Å²) in [5.74, 6) is 0.572. The van der Waals surface area contributed by atoms with Crippen LogP contribution >= 0.6 is 0 Å². The number of carbonyl (C=O) groups excluding carboxylic acids is 1. The van der Waals surface area contributed by atoms with Crippen molar-refractivity contribution in [1.82, 2.24) is 9.80 Å². The van der Waals surface area contributed by atoms with Crippen LogP contribution < -0.4 is 10.5 Å². The van der Waals surface area contributed by atoms with Crippen LogP contribution in [0.3, 0.4) is 0 Å². The zero-order valence-corrected chi connectivity index (χ0v) is 23.3. The van der Waals surface area contributed by atoms with Crippen LogP contribution in [0.25, 0.3) is 0 Å². The highest BCUT2D eigenvalue weighted by molar-refractivity contribution is 5.76. The number of hydrogen-bond donors (Lipinski definition) is 2. The zero-order chi connectivity index (χ0) is 28.3. The standard InChI is InChI=1S/C33H41N3O4/c1-2-28-23-29(17-19-36(28)33(38)39)35(18-10-20-40-30-16-9-11-25(21-30)22-32(34)37)24-31(26-12-5-3-6-13-26)27-14-7-4-8-15-27/h3-9,11-16,21,28-29,31H,2,10,17-20,22-24H2,1H3,(H2,34,37)(H,38,39). The SMILES string of the molecule is CCC1CC(N(CCCOc2cccc(CC(N)=O)c2)CC(c2ccccc2)c2ccccc2)CCN1C(=O)O. The molecular weight excluding hydrogens is 502 g/mol. The number of carboxylic acid groups (broad SMARTS) is 1. The topological polar surface area (TPSA) is 96.1 Å². The predicted molar refractivity (Wildman–Crippen MR) is 158 cm³/mol. The molecule has 7 nitrogen and oxygen atoms in total. The second kappa shape index (κ2) is 14.5. The maximum Gasteiger partial charge on any atom is 0.407 e. The van der Waals surface area contributed by atoms with Gasteiger partial charge in [-0.25, -0.2) is 4.79 Å². The minimum Gasteiger partial charge on any atom is -0.494 e. The summed E-state index contributed by atoms with van der Waals surface area (Å²) in [6.07, 6.45) is 2.65. The molecule has 7 heteroatoms. The Balaban J connectivity index is 1.50. The predicted octanol–water partition coefficient (Wildman–Crippen LogP) is 5.54. The van der Waals surface area contributed by atoms with Gasteiger partial charge in [-0.15, -0.1) is 0 Å². The van der Waals surface area contributed by atoms with E-state index in [2.05, 4.69) is 60.4 Å². The van der Waals surface area contributed by atoms with E-state index in [0.717, 1.165) is 50.1 Å². The van der Waals surface area contributed by atoms with Gasteiger partial charge >= 0.3 is 6.09 Å². The van der Waals surface area contributed by atoms with Gasteiger partial charge in [-0.3, -0.25) is 9.69 Å². The smallest absolute Gasteiger partial charge is 0.407 e. The number of rotatable bonds is 13. The van der Waals surface area contributed by atoms with Crippen molar-refractivity contribution in [3.05, 3.63) is 102 Å². The van der Waals surface area contributed by atoms with E-state index >= 15 is 0 Å². The molecule has 1 aliphatic heterocycles. The van der Waals surface area contributed by atoms with Crippen molar-refractivity contribution >= 4 is 12.0 Å². The second-order valence-corrected chi connectivity index (χ2v) is 10.6. The molecule has 0 saturated carbocycles. The van der Waals surface area contributed by atoms with Crippen molar-refractivity contribution in [3.8, 4) is 5.75 Å². The molecule has 3 aromatic carbocycles. The van der Waals surface area contributed by atoms with Gasteiger partial charge in [0.15, 0.2) is 0 Å². The van der Waals surface area contributed by atoms with Gasteiger partial charge in [0, 0.05) is 37.6 Å². The molecular formula is C33H41N3O4. The summed E-state index contributed by atoms with van der Waals surface area (Å²) in [5, 5.41) is 9.73. The van der Waals surface area contributed by atoms with Gasteiger partial charge in [-0.05, 0) is 54.5 Å². The second-order valence-electron chi connectivity index (χ2n) is 10.6. The van der Waals surface area contributed by atoms with Gasteiger partial charge in [0.1, 0.15) is 5.75 Å². The average Bonchev–Trinajstić information content (AvgIpc) is 2.97. The Bertz CT molecular complexity index is 1180. The lowest BCUT2D eigenvalue weighted by molar-refractivity contribution is -0.117. The Morgan fingerprint density at radius 2 is 1.70 bits per heavy atom. The van der Waals surface area contributed by atoms with Crippen LogP contribution in [0, 0.1) is 0 Å². The molecule has 2 atom stereocenters. The fourth-order valence-electron chi connectivity index (χ4n) is 5.84. The first-order chi connectivity index (χ1) is 19.4. The van der Waals surface area contributed by atoms with Gasteiger partial charge in [0.2, 0.25) is 5.91 Å². The van der Waals surface area contributed by atoms with Gasteiger partial charge in [0.25, 0.3) is 0 Å². The van der Waals surface area contributed by atoms with Crippen LogP contribution in [0.2, 0.25) is 0 Å². The first-order valence-corrected chi connectivity index (χ1v) is 14.3. The summed E-state index contributed by atoms with van der Waals surface area (Å²) in [6.45, 7) is 4.86. The lowest BCUT2D eigenvalue weighted by Gasteiger charge is -2.43. The summed E-state index contributed by atoms with van der Waals surface area (Å²) in [6, 6.07) is 29.1. The van der Waals surface area contributed by atoms with Crippen molar-refractivity contribution in [2.24, 2.45) is 5.73 Å². The number of nitrogens with zero attached hydrogens (tertiary/aromatic N) is 2. The molecule has 2 unspecified atom stereocenters. The Hall–Kier alpha value is -3.84. The van der Waals surface area contributed by atoms with E-state index in [-0.39, 0.29) is 30.3 Å². The van der Waals surface area contributed by atoms with Crippen LogP contribution in [0.4, 0.5) is 4.79 Å². The molecule has 0 aromatic heterocycles. The van der Waals surface area contributed by atoms with Crippen LogP contribution in [-0.2, 0) is 11.2 Å². The number of primary amides is 1. The zero-order valence-electron chi connectivity index (χ0n) is 23.3. The number of amides is 2. The summed E-state index contributed by atoms with van der Waals surface area (Å²) < 4.78 is 6.07. The van der Waals surface area contributed by atoms with Crippen molar-refractivity contribution in [2.45, 2.75) is 57.0 Å². The Morgan fingerprint density at radius 3 is 2.30 bits per heavy atom. The highest BCUT2D eigenvalue weighted by Crippen LogP contribution is 2.30. The summed E-state index contributed by atoms with van der Waals surface area (Å²) in [4.78, 5) is 27.3. The molecule has 1 aliphatic rings.